The molecule has 0 aliphatic carbocycles. The van der Waals surface area contributed by atoms with Crippen molar-refractivity contribution in [1.29, 1.82) is 0 Å². The Morgan fingerprint density at radius 2 is 1.94 bits per heavy atom. The van der Waals surface area contributed by atoms with Crippen molar-refractivity contribution in [1.82, 2.24) is 4.98 Å². The minimum Gasteiger partial charge on any atom is -0.331 e. The van der Waals surface area contributed by atoms with Gasteiger partial charge in [-0.2, -0.15) is 0 Å². The Kier molecular flexibility index (Phi) is 2.71. The Labute approximate surface area is 108 Å². The van der Waals surface area contributed by atoms with Crippen LogP contribution in [0.1, 0.15) is 0 Å². The predicted octanol–water partition coefficient (Wildman–Crippen LogP) is 4.69. The molecule has 3 aromatic rings. The number of halogens is 1. The van der Waals surface area contributed by atoms with E-state index in [9.17, 15) is 0 Å². The maximum Gasteiger partial charge on any atom is 0.188 e. The Bertz CT molecular complexity index is 630. The van der Waals surface area contributed by atoms with Gasteiger partial charge >= 0.3 is 0 Å². The second kappa shape index (κ2) is 4.35. The van der Waals surface area contributed by atoms with Crippen molar-refractivity contribution in [3.05, 3.63) is 53.6 Å². The maximum absolute atomic E-state index is 5.93. The van der Waals surface area contributed by atoms with Gasteiger partial charge in [-0.25, -0.2) is 4.98 Å². The number of nitrogens with zero attached hydrogens (tertiary/aromatic N) is 1. The van der Waals surface area contributed by atoms with Gasteiger partial charge in [0.05, 0.1) is 10.2 Å². The molecule has 1 N–H and O–H groups in total. The molecule has 0 aliphatic rings. The Balaban J connectivity index is 1.94. The summed E-state index contributed by atoms with van der Waals surface area (Å²) in [5.74, 6) is 0. The molecule has 0 unspecified atom stereocenters. The summed E-state index contributed by atoms with van der Waals surface area (Å²) >= 11 is 7.57. The molecule has 4 heteroatoms. The van der Waals surface area contributed by atoms with Crippen LogP contribution < -0.4 is 5.32 Å². The van der Waals surface area contributed by atoms with Gasteiger partial charge in [0.15, 0.2) is 5.13 Å². The molecular formula is C13H9ClN2S. The number of benzene rings is 2. The van der Waals surface area contributed by atoms with Crippen molar-refractivity contribution < 1.29 is 0 Å². The van der Waals surface area contributed by atoms with E-state index >= 15 is 0 Å². The summed E-state index contributed by atoms with van der Waals surface area (Å²) in [6.07, 6.45) is 0. The van der Waals surface area contributed by atoms with Crippen LogP contribution in [0.25, 0.3) is 10.2 Å². The van der Waals surface area contributed by atoms with E-state index < -0.39 is 0 Å². The number of rotatable bonds is 2. The van der Waals surface area contributed by atoms with Crippen molar-refractivity contribution in [3.63, 3.8) is 0 Å². The molecule has 0 atom stereocenters. The van der Waals surface area contributed by atoms with Crippen LogP contribution in [-0.2, 0) is 0 Å². The second-order valence-electron chi connectivity index (χ2n) is 3.62. The van der Waals surface area contributed by atoms with Gasteiger partial charge in [-0.3, -0.25) is 0 Å². The van der Waals surface area contributed by atoms with Gasteiger partial charge in [0.25, 0.3) is 0 Å². The van der Waals surface area contributed by atoms with E-state index in [0.29, 0.717) is 0 Å². The molecule has 2 nitrogen and oxygen atoms in total. The van der Waals surface area contributed by atoms with Gasteiger partial charge in [0, 0.05) is 10.7 Å². The summed E-state index contributed by atoms with van der Waals surface area (Å²) < 4.78 is 1.18. The van der Waals surface area contributed by atoms with Crippen molar-refractivity contribution in [2.75, 3.05) is 5.32 Å². The van der Waals surface area contributed by atoms with Gasteiger partial charge in [0.2, 0.25) is 0 Å². The Hall–Kier alpha value is -1.58. The number of hydrogen-bond acceptors (Lipinski definition) is 3. The standard InChI is InChI=1S/C13H9ClN2S/c14-9-4-3-5-10(8-9)15-13-16-11-6-1-2-7-12(11)17-13/h1-8H,(H,15,16). The molecule has 0 saturated carbocycles. The zero-order valence-electron chi connectivity index (χ0n) is 8.85. The van der Waals surface area contributed by atoms with E-state index in [1.54, 1.807) is 11.3 Å². The highest BCUT2D eigenvalue weighted by Crippen LogP contribution is 2.28. The van der Waals surface area contributed by atoms with Crippen LogP contribution in [0, 0.1) is 0 Å². The summed E-state index contributed by atoms with van der Waals surface area (Å²) in [4.78, 5) is 4.50. The molecule has 0 fully saturated rings. The largest absolute Gasteiger partial charge is 0.331 e. The lowest BCUT2D eigenvalue weighted by atomic mass is 10.3. The fourth-order valence-electron chi connectivity index (χ4n) is 1.62. The predicted molar refractivity (Wildman–Crippen MR) is 74.4 cm³/mol. The van der Waals surface area contributed by atoms with E-state index in [-0.39, 0.29) is 0 Å². The number of fused-ring (bicyclic) bond motifs is 1. The third kappa shape index (κ3) is 2.25. The molecule has 0 amide bonds. The zero-order valence-corrected chi connectivity index (χ0v) is 10.4. The number of para-hydroxylation sites is 1. The summed E-state index contributed by atoms with van der Waals surface area (Å²) in [5, 5.41) is 4.86. The Morgan fingerprint density at radius 3 is 2.76 bits per heavy atom. The van der Waals surface area contributed by atoms with Crippen LogP contribution in [-0.4, -0.2) is 4.98 Å². The highest BCUT2D eigenvalue weighted by Gasteiger charge is 2.03. The smallest absolute Gasteiger partial charge is 0.188 e. The molecule has 1 heterocycles. The van der Waals surface area contributed by atoms with E-state index in [0.717, 1.165) is 21.4 Å². The van der Waals surface area contributed by atoms with Crippen LogP contribution in [0.3, 0.4) is 0 Å². The molecular weight excluding hydrogens is 252 g/mol. The summed E-state index contributed by atoms with van der Waals surface area (Å²) in [5.41, 5.74) is 1.97. The van der Waals surface area contributed by atoms with E-state index in [2.05, 4.69) is 16.4 Å². The van der Waals surface area contributed by atoms with Gasteiger partial charge in [-0.15, -0.1) is 0 Å². The summed E-state index contributed by atoms with van der Waals surface area (Å²) in [6, 6.07) is 15.7. The maximum atomic E-state index is 5.93. The van der Waals surface area contributed by atoms with Crippen LogP contribution in [0.2, 0.25) is 5.02 Å². The van der Waals surface area contributed by atoms with E-state index in [4.69, 9.17) is 11.6 Å². The molecule has 0 saturated heterocycles. The first-order valence-corrected chi connectivity index (χ1v) is 6.39. The Morgan fingerprint density at radius 1 is 1.06 bits per heavy atom. The lowest BCUT2D eigenvalue weighted by molar-refractivity contribution is 1.44. The average molecular weight is 261 g/mol. The van der Waals surface area contributed by atoms with Crippen LogP contribution in [0.5, 0.6) is 0 Å². The average Bonchev–Trinajstić information content (AvgIpc) is 2.71. The van der Waals surface area contributed by atoms with Gasteiger partial charge < -0.3 is 5.32 Å². The molecule has 17 heavy (non-hydrogen) atoms. The normalized spacial score (nSPS) is 10.6. The number of thiazole rings is 1. The summed E-state index contributed by atoms with van der Waals surface area (Å²) in [7, 11) is 0. The van der Waals surface area contributed by atoms with Crippen LogP contribution >= 0.6 is 22.9 Å². The highest BCUT2D eigenvalue weighted by atomic mass is 35.5. The molecule has 0 spiro atoms. The molecule has 84 valence electrons. The minimum absolute atomic E-state index is 0.719. The van der Waals surface area contributed by atoms with Crippen molar-refractivity contribution >= 4 is 44.0 Å². The fourth-order valence-corrected chi connectivity index (χ4v) is 2.69. The van der Waals surface area contributed by atoms with E-state index in [1.165, 1.54) is 4.70 Å². The van der Waals surface area contributed by atoms with Crippen molar-refractivity contribution in [2.45, 2.75) is 0 Å². The van der Waals surface area contributed by atoms with Crippen LogP contribution in [0.4, 0.5) is 10.8 Å². The van der Waals surface area contributed by atoms with Crippen molar-refractivity contribution in [2.24, 2.45) is 0 Å². The van der Waals surface area contributed by atoms with Gasteiger partial charge in [-0.1, -0.05) is 41.1 Å². The second-order valence-corrected chi connectivity index (χ2v) is 5.09. The van der Waals surface area contributed by atoms with Crippen molar-refractivity contribution in [3.8, 4) is 0 Å². The fraction of sp³-hybridized carbons (Fsp3) is 0. The highest BCUT2D eigenvalue weighted by molar-refractivity contribution is 7.22. The lowest BCUT2D eigenvalue weighted by Crippen LogP contribution is -1.88. The third-order valence-electron chi connectivity index (χ3n) is 2.37. The molecule has 2 aromatic carbocycles. The third-order valence-corrected chi connectivity index (χ3v) is 3.56. The van der Waals surface area contributed by atoms with Gasteiger partial charge in [-0.05, 0) is 30.3 Å². The molecule has 0 radical (unpaired) electrons. The molecule has 0 aliphatic heterocycles. The van der Waals surface area contributed by atoms with E-state index in [1.807, 2.05) is 42.5 Å². The van der Waals surface area contributed by atoms with Crippen LogP contribution in [0.15, 0.2) is 48.5 Å². The number of hydrogen-bond donors (Lipinski definition) is 1. The molecule has 3 rings (SSSR count). The summed E-state index contributed by atoms with van der Waals surface area (Å²) in [6.45, 7) is 0. The molecule has 0 bridgehead atoms. The minimum atomic E-state index is 0.719. The lowest BCUT2D eigenvalue weighted by Gasteiger charge is -2.01. The monoisotopic (exact) mass is 260 g/mol. The number of aromatic nitrogens is 1. The first-order chi connectivity index (χ1) is 8.31. The van der Waals surface area contributed by atoms with Gasteiger partial charge in [0.1, 0.15) is 0 Å². The first kappa shape index (κ1) is 10.6. The first-order valence-electron chi connectivity index (χ1n) is 5.19. The quantitative estimate of drug-likeness (QED) is 0.723. The topological polar surface area (TPSA) is 24.9 Å². The number of nitrogens with one attached hydrogen (secondary N) is 1. The number of anilines is 2. The SMILES string of the molecule is Clc1cccc(Nc2nc3ccccc3s2)c1. The zero-order chi connectivity index (χ0) is 11.7. The molecule has 1 aromatic heterocycles.